The lowest BCUT2D eigenvalue weighted by molar-refractivity contribution is -0.156. The number of halogens is 1. The SMILES string of the molecule is COc1ccccc1NC(=O)[C@@H](C)OC(=O)[C@@H](NC(=O)c1ccccc1F)C(C)C. The van der Waals surface area contributed by atoms with Crippen molar-refractivity contribution in [2.45, 2.75) is 32.9 Å². The molecule has 0 aliphatic carbocycles. The summed E-state index contributed by atoms with van der Waals surface area (Å²) in [7, 11) is 1.47. The van der Waals surface area contributed by atoms with Crippen LogP contribution in [0.15, 0.2) is 48.5 Å². The molecule has 0 bridgehead atoms. The quantitative estimate of drug-likeness (QED) is 0.645. The zero-order valence-corrected chi connectivity index (χ0v) is 17.3. The van der Waals surface area contributed by atoms with Gasteiger partial charge in [0.05, 0.1) is 18.4 Å². The largest absolute Gasteiger partial charge is 0.495 e. The third-order valence-corrected chi connectivity index (χ3v) is 4.35. The van der Waals surface area contributed by atoms with Gasteiger partial charge in [-0.05, 0) is 37.1 Å². The first-order chi connectivity index (χ1) is 14.2. The third kappa shape index (κ3) is 5.79. The number of para-hydroxylation sites is 2. The molecule has 0 radical (unpaired) electrons. The number of carbonyl (C=O) groups excluding carboxylic acids is 3. The van der Waals surface area contributed by atoms with Crippen molar-refractivity contribution >= 4 is 23.5 Å². The number of methoxy groups -OCH3 is 1. The summed E-state index contributed by atoms with van der Waals surface area (Å²) in [5, 5.41) is 5.11. The Balaban J connectivity index is 2.04. The van der Waals surface area contributed by atoms with Gasteiger partial charge < -0.3 is 20.1 Å². The smallest absolute Gasteiger partial charge is 0.329 e. The third-order valence-electron chi connectivity index (χ3n) is 4.35. The van der Waals surface area contributed by atoms with Crippen LogP contribution < -0.4 is 15.4 Å². The van der Waals surface area contributed by atoms with E-state index < -0.39 is 35.7 Å². The fraction of sp³-hybridized carbons (Fsp3) is 0.318. The van der Waals surface area contributed by atoms with Gasteiger partial charge >= 0.3 is 5.97 Å². The predicted molar refractivity (Wildman–Crippen MR) is 110 cm³/mol. The maximum absolute atomic E-state index is 13.8. The maximum atomic E-state index is 13.8. The first-order valence-corrected chi connectivity index (χ1v) is 9.44. The lowest BCUT2D eigenvalue weighted by atomic mass is 10.0. The zero-order valence-electron chi connectivity index (χ0n) is 17.3. The molecule has 0 aromatic heterocycles. The Morgan fingerprint density at radius 2 is 1.60 bits per heavy atom. The topological polar surface area (TPSA) is 93.7 Å². The van der Waals surface area contributed by atoms with Crippen molar-refractivity contribution in [3.8, 4) is 5.75 Å². The molecule has 0 aliphatic heterocycles. The van der Waals surface area contributed by atoms with Crippen LogP contribution in [0.3, 0.4) is 0 Å². The van der Waals surface area contributed by atoms with Crippen LogP contribution in [0.4, 0.5) is 10.1 Å². The van der Waals surface area contributed by atoms with Gasteiger partial charge in [0.25, 0.3) is 11.8 Å². The van der Waals surface area contributed by atoms with Gasteiger partial charge in [-0.15, -0.1) is 0 Å². The summed E-state index contributed by atoms with van der Waals surface area (Å²) in [5.74, 6) is -2.68. The first-order valence-electron chi connectivity index (χ1n) is 9.44. The van der Waals surface area contributed by atoms with Crippen LogP contribution in [0.2, 0.25) is 0 Å². The van der Waals surface area contributed by atoms with Crippen LogP contribution in [-0.2, 0) is 14.3 Å². The van der Waals surface area contributed by atoms with Crippen LogP contribution in [0.25, 0.3) is 0 Å². The zero-order chi connectivity index (χ0) is 22.3. The molecule has 2 rings (SSSR count). The van der Waals surface area contributed by atoms with Crippen LogP contribution in [0, 0.1) is 11.7 Å². The number of carbonyl (C=O) groups is 3. The van der Waals surface area contributed by atoms with E-state index in [9.17, 15) is 18.8 Å². The summed E-state index contributed by atoms with van der Waals surface area (Å²) in [6, 6.07) is 11.2. The molecule has 0 saturated heterocycles. The highest BCUT2D eigenvalue weighted by atomic mass is 19.1. The van der Waals surface area contributed by atoms with Crippen LogP contribution in [0.5, 0.6) is 5.75 Å². The number of rotatable bonds is 8. The molecular formula is C22H25FN2O5. The monoisotopic (exact) mass is 416 g/mol. The number of esters is 1. The van der Waals surface area contributed by atoms with Crippen molar-refractivity contribution in [1.29, 1.82) is 0 Å². The molecule has 2 aromatic carbocycles. The van der Waals surface area contributed by atoms with Gasteiger partial charge in [0.1, 0.15) is 17.6 Å². The van der Waals surface area contributed by atoms with Crippen molar-refractivity contribution < 1.29 is 28.2 Å². The maximum Gasteiger partial charge on any atom is 0.329 e. The van der Waals surface area contributed by atoms with Gasteiger partial charge in [-0.2, -0.15) is 0 Å². The molecular weight excluding hydrogens is 391 g/mol. The van der Waals surface area contributed by atoms with E-state index in [2.05, 4.69) is 10.6 Å². The van der Waals surface area contributed by atoms with Crippen molar-refractivity contribution in [1.82, 2.24) is 5.32 Å². The van der Waals surface area contributed by atoms with Crippen LogP contribution >= 0.6 is 0 Å². The summed E-state index contributed by atoms with van der Waals surface area (Å²) in [6.07, 6.45) is -1.13. The molecule has 7 nitrogen and oxygen atoms in total. The van der Waals surface area contributed by atoms with Crippen molar-refractivity contribution in [3.05, 3.63) is 59.9 Å². The lowest BCUT2D eigenvalue weighted by Crippen LogP contribution is -2.47. The average Bonchev–Trinajstić information content (AvgIpc) is 2.72. The Morgan fingerprint density at radius 3 is 2.23 bits per heavy atom. The van der Waals surface area contributed by atoms with E-state index in [1.165, 1.54) is 32.2 Å². The number of amides is 2. The summed E-state index contributed by atoms with van der Waals surface area (Å²) in [5.41, 5.74) is 0.249. The molecule has 160 valence electrons. The number of nitrogens with one attached hydrogen (secondary N) is 2. The molecule has 8 heteroatoms. The highest BCUT2D eigenvalue weighted by Crippen LogP contribution is 2.23. The molecule has 2 atom stereocenters. The Kier molecular flexibility index (Phi) is 7.91. The van der Waals surface area contributed by atoms with Gasteiger partial charge in [0.15, 0.2) is 6.10 Å². The molecule has 0 heterocycles. The molecule has 2 N–H and O–H groups in total. The molecule has 0 fully saturated rings. The van der Waals surface area contributed by atoms with E-state index in [-0.39, 0.29) is 11.5 Å². The standard InChI is InChI=1S/C22H25FN2O5/c1-13(2)19(25-21(27)15-9-5-6-10-16(15)23)22(28)30-14(3)20(26)24-17-11-7-8-12-18(17)29-4/h5-14,19H,1-4H3,(H,24,26)(H,25,27)/t14-,19+/m1/s1. The van der Waals surface area contributed by atoms with Crippen LogP contribution in [-0.4, -0.2) is 37.0 Å². The van der Waals surface area contributed by atoms with E-state index in [0.717, 1.165) is 6.07 Å². The number of ether oxygens (including phenoxy) is 2. The van der Waals surface area contributed by atoms with Gasteiger partial charge in [0, 0.05) is 0 Å². The summed E-state index contributed by atoms with van der Waals surface area (Å²) < 4.78 is 24.3. The van der Waals surface area contributed by atoms with Crippen molar-refractivity contribution in [2.75, 3.05) is 12.4 Å². The predicted octanol–water partition coefficient (Wildman–Crippen LogP) is 3.16. The van der Waals surface area contributed by atoms with E-state index in [1.54, 1.807) is 38.1 Å². The normalized spacial score (nSPS) is 12.6. The summed E-state index contributed by atoms with van der Waals surface area (Å²) in [6.45, 7) is 4.82. The van der Waals surface area contributed by atoms with Gasteiger partial charge in [0.2, 0.25) is 0 Å². The average molecular weight is 416 g/mol. The number of benzene rings is 2. The Labute approximate surface area is 174 Å². The Bertz CT molecular complexity index is 916. The second kappa shape index (κ2) is 10.4. The van der Waals surface area contributed by atoms with E-state index in [0.29, 0.717) is 11.4 Å². The summed E-state index contributed by atoms with van der Waals surface area (Å²) in [4.78, 5) is 37.4. The number of hydrogen-bond acceptors (Lipinski definition) is 5. The van der Waals surface area contributed by atoms with E-state index >= 15 is 0 Å². The molecule has 0 aliphatic rings. The summed E-state index contributed by atoms with van der Waals surface area (Å²) >= 11 is 0. The second-order valence-electron chi connectivity index (χ2n) is 6.94. The second-order valence-corrected chi connectivity index (χ2v) is 6.94. The van der Waals surface area contributed by atoms with Gasteiger partial charge in [-0.25, -0.2) is 9.18 Å². The number of anilines is 1. The van der Waals surface area contributed by atoms with E-state index in [4.69, 9.17) is 9.47 Å². The minimum atomic E-state index is -1.13. The number of hydrogen-bond donors (Lipinski definition) is 2. The fourth-order valence-electron chi connectivity index (χ4n) is 2.65. The molecule has 2 amide bonds. The Hall–Kier alpha value is -3.42. The molecule has 0 saturated carbocycles. The lowest BCUT2D eigenvalue weighted by Gasteiger charge is -2.23. The minimum absolute atomic E-state index is 0.182. The fourth-order valence-corrected chi connectivity index (χ4v) is 2.65. The highest BCUT2D eigenvalue weighted by molar-refractivity contribution is 5.98. The first kappa shape index (κ1) is 22.9. The highest BCUT2D eigenvalue weighted by Gasteiger charge is 2.30. The van der Waals surface area contributed by atoms with Crippen molar-refractivity contribution in [2.24, 2.45) is 5.92 Å². The molecule has 0 spiro atoms. The molecule has 2 aromatic rings. The Morgan fingerprint density at radius 1 is 0.967 bits per heavy atom. The van der Waals surface area contributed by atoms with Crippen molar-refractivity contribution in [3.63, 3.8) is 0 Å². The van der Waals surface area contributed by atoms with E-state index in [1.807, 2.05) is 0 Å². The minimum Gasteiger partial charge on any atom is -0.495 e. The molecule has 0 unspecified atom stereocenters. The van der Waals surface area contributed by atoms with Gasteiger partial charge in [-0.1, -0.05) is 38.1 Å². The van der Waals surface area contributed by atoms with Crippen LogP contribution in [0.1, 0.15) is 31.1 Å². The van der Waals surface area contributed by atoms with Gasteiger partial charge in [-0.3, -0.25) is 9.59 Å². The molecule has 30 heavy (non-hydrogen) atoms.